The minimum absolute atomic E-state index is 0.0516. The first-order valence-electron chi connectivity index (χ1n) is 8.32. The van der Waals surface area contributed by atoms with Crippen LogP contribution in [0.15, 0.2) is 58.7 Å². The summed E-state index contributed by atoms with van der Waals surface area (Å²) in [6.45, 7) is 1.80. The molecule has 1 saturated heterocycles. The van der Waals surface area contributed by atoms with Gasteiger partial charge in [-0.05, 0) is 42.8 Å². The lowest BCUT2D eigenvalue weighted by Gasteiger charge is -2.21. The first-order chi connectivity index (χ1) is 13.4. The number of amidine groups is 1. The molecule has 2 aromatic carbocycles. The lowest BCUT2D eigenvalue weighted by atomic mass is 10.1. The summed E-state index contributed by atoms with van der Waals surface area (Å²) in [5, 5.41) is 14.4. The number of benzene rings is 2. The van der Waals surface area contributed by atoms with Crippen LogP contribution in [0.25, 0.3) is 0 Å². The maximum absolute atomic E-state index is 12.5. The van der Waals surface area contributed by atoms with Crippen molar-refractivity contribution in [3.8, 4) is 0 Å². The van der Waals surface area contributed by atoms with E-state index in [1.807, 2.05) is 12.1 Å². The number of halogens is 2. The minimum atomic E-state index is -0.613. The molecule has 0 radical (unpaired) electrons. The summed E-state index contributed by atoms with van der Waals surface area (Å²) in [7, 11) is 0. The molecule has 0 spiro atoms. The molecule has 9 heteroatoms. The maximum Gasteiger partial charge on any atom is 0.238 e. The van der Waals surface area contributed by atoms with Crippen molar-refractivity contribution in [2.75, 3.05) is 5.32 Å². The molecule has 1 aliphatic rings. The number of amides is 2. The topological polar surface area (TPSA) is 82.9 Å². The van der Waals surface area contributed by atoms with Crippen molar-refractivity contribution in [3.05, 3.63) is 64.1 Å². The quantitative estimate of drug-likeness (QED) is 0.554. The summed E-state index contributed by atoms with van der Waals surface area (Å²) in [4.78, 5) is 24.5. The molecule has 1 aliphatic heterocycles. The molecule has 0 aromatic heterocycles. The van der Waals surface area contributed by atoms with Gasteiger partial charge in [-0.15, -0.1) is 5.10 Å². The number of nitrogens with zero attached hydrogens (tertiary/aromatic N) is 2. The molecule has 0 saturated carbocycles. The summed E-state index contributed by atoms with van der Waals surface area (Å²) in [5.74, 6) is -0.587. The third kappa shape index (κ3) is 5.58. The summed E-state index contributed by atoms with van der Waals surface area (Å²) >= 11 is 13.0. The molecule has 1 heterocycles. The minimum Gasteiger partial charge on any atom is -0.325 e. The van der Waals surface area contributed by atoms with E-state index in [1.165, 1.54) is 0 Å². The number of anilines is 1. The third-order valence-electron chi connectivity index (χ3n) is 3.81. The highest BCUT2D eigenvalue weighted by Gasteiger charge is 2.30. The van der Waals surface area contributed by atoms with Crippen molar-refractivity contribution in [2.45, 2.75) is 18.6 Å². The van der Waals surface area contributed by atoms with Gasteiger partial charge in [0, 0.05) is 22.2 Å². The van der Waals surface area contributed by atoms with Gasteiger partial charge in [0.2, 0.25) is 11.8 Å². The van der Waals surface area contributed by atoms with Gasteiger partial charge in [-0.2, -0.15) is 5.10 Å². The second-order valence-corrected chi connectivity index (χ2v) is 8.02. The molecule has 0 bridgehead atoms. The monoisotopic (exact) mass is 434 g/mol. The summed E-state index contributed by atoms with van der Waals surface area (Å²) in [6, 6.07) is 14.0. The van der Waals surface area contributed by atoms with Crippen molar-refractivity contribution in [2.24, 2.45) is 10.2 Å². The van der Waals surface area contributed by atoms with Crippen LogP contribution in [0, 0.1) is 0 Å². The van der Waals surface area contributed by atoms with Crippen LogP contribution in [0.5, 0.6) is 0 Å². The van der Waals surface area contributed by atoms with E-state index in [4.69, 9.17) is 23.2 Å². The lowest BCUT2D eigenvalue weighted by Crippen LogP contribution is -2.41. The maximum atomic E-state index is 12.5. The average Bonchev–Trinajstić information content (AvgIpc) is 2.66. The summed E-state index contributed by atoms with van der Waals surface area (Å²) in [5.41, 5.74) is 2.08. The van der Waals surface area contributed by atoms with Gasteiger partial charge < -0.3 is 10.6 Å². The number of rotatable bonds is 4. The van der Waals surface area contributed by atoms with Crippen LogP contribution in [0.4, 0.5) is 5.69 Å². The molecule has 28 heavy (non-hydrogen) atoms. The largest absolute Gasteiger partial charge is 0.325 e. The number of hydrogen-bond acceptors (Lipinski definition) is 5. The van der Waals surface area contributed by atoms with Gasteiger partial charge in [-0.3, -0.25) is 9.59 Å². The number of hydrogen-bond donors (Lipinski definition) is 2. The zero-order valence-electron chi connectivity index (χ0n) is 14.8. The Hall–Kier alpha value is -2.35. The van der Waals surface area contributed by atoms with Crippen molar-refractivity contribution < 1.29 is 9.59 Å². The average molecular weight is 435 g/mol. The Morgan fingerprint density at radius 1 is 1.18 bits per heavy atom. The van der Waals surface area contributed by atoms with Crippen molar-refractivity contribution in [1.82, 2.24) is 5.32 Å². The molecule has 144 valence electrons. The predicted molar refractivity (Wildman–Crippen MR) is 115 cm³/mol. The third-order valence-corrected chi connectivity index (χ3v) is 5.37. The van der Waals surface area contributed by atoms with Crippen molar-refractivity contribution >= 4 is 63.3 Å². The molecule has 2 aromatic rings. The van der Waals surface area contributed by atoms with E-state index in [0.29, 0.717) is 21.4 Å². The van der Waals surface area contributed by atoms with Gasteiger partial charge in [0.15, 0.2) is 5.17 Å². The highest BCUT2D eigenvalue weighted by atomic mass is 35.5. The number of thioether (sulfide) groups is 1. The van der Waals surface area contributed by atoms with Gasteiger partial charge >= 0.3 is 0 Å². The Balaban J connectivity index is 1.70. The van der Waals surface area contributed by atoms with E-state index in [0.717, 1.165) is 17.3 Å². The lowest BCUT2D eigenvalue weighted by molar-refractivity contribution is -0.123. The van der Waals surface area contributed by atoms with E-state index in [1.54, 1.807) is 43.3 Å². The molecule has 1 fully saturated rings. The highest BCUT2D eigenvalue weighted by Crippen LogP contribution is 2.23. The van der Waals surface area contributed by atoms with E-state index < -0.39 is 5.25 Å². The van der Waals surface area contributed by atoms with E-state index >= 15 is 0 Å². The zero-order chi connectivity index (χ0) is 20.1. The Morgan fingerprint density at radius 2 is 1.93 bits per heavy atom. The Labute approximate surface area is 176 Å². The molecular formula is C19H16Cl2N4O2S. The van der Waals surface area contributed by atoms with Crippen LogP contribution < -0.4 is 10.6 Å². The van der Waals surface area contributed by atoms with E-state index in [2.05, 4.69) is 20.8 Å². The van der Waals surface area contributed by atoms with Crippen LogP contribution in [0.1, 0.15) is 18.9 Å². The first-order valence-corrected chi connectivity index (χ1v) is 9.95. The molecule has 0 aliphatic carbocycles. The second kappa shape index (κ2) is 9.23. The number of nitrogens with one attached hydrogen (secondary N) is 2. The molecule has 3 rings (SSSR count). The zero-order valence-corrected chi connectivity index (χ0v) is 17.1. The summed E-state index contributed by atoms with van der Waals surface area (Å²) < 4.78 is 0. The fourth-order valence-electron chi connectivity index (χ4n) is 2.40. The van der Waals surface area contributed by atoms with Gasteiger partial charge in [-0.1, -0.05) is 53.2 Å². The molecule has 1 atom stereocenters. The second-order valence-electron chi connectivity index (χ2n) is 5.96. The van der Waals surface area contributed by atoms with Crippen LogP contribution in [0.2, 0.25) is 10.0 Å². The van der Waals surface area contributed by atoms with Crippen molar-refractivity contribution in [3.63, 3.8) is 0 Å². The number of carbonyl (C=O) groups is 2. The fourth-order valence-corrected chi connectivity index (χ4v) is 3.64. The Bertz CT molecular complexity index is 961. The van der Waals surface area contributed by atoms with Crippen LogP contribution in [-0.4, -0.2) is 27.9 Å². The molecule has 0 unspecified atom stereocenters. The molecule has 6 nitrogen and oxygen atoms in total. The van der Waals surface area contributed by atoms with Crippen LogP contribution in [0.3, 0.4) is 0 Å². The Morgan fingerprint density at radius 3 is 2.64 bits per heavy atom. The normalized spacial score (nSPS) is 18.7. The molecule has 2 amide bonds. The van der Waals surface area contributed by atoms with E-state index in [-0.39, 0.29) is 23.4 Å². The van der Waals surface area contributed by atoms with Gasteiger partial charge in [0.05, 0.1) is 5.71 Å². The van der Waals surface area contributed by atoms with Crippen molar-refractivity contribution in [1.29, 1.82) is 0 Å². The standard InChI is InChI=1S/C19H16Cl2N4O2S/c1-11(12-5-7-13(20)8-6-12)24-25-19-23-17(26)10-16(28-19)18(27)22-15-4-2-3-14(21)9-15/h2-9,16H,10H2,1H3,(H,22,27)(H,23,25,26)/b24-11+/t16-/m0/s1. The predicted octanol–water partition coefficient (Wildman–Crippen LogP) is 4.33. The van der Waals surface area contributed by atoms with Gasteiger partial charge in [0.1, 0.15) is 5.25 Å². The van der Waals surface area contributed by atoms with Gasteiger partial charge in [0.25, 0.3) is 0 Å². The van der Waals surface area contributed by atoms with Gasteiger partial charge in [-0.25, -0.2) is 0 Å². The first kappa shape index (κ1) is 20.4. The number of carbonyl (C=O) groups excluding carboxylic acids is 2. The Kier molecular flexibility index (Phi) is 6.72. The van der Waals surface area contributed by atoms with Crippen LogP contribution >= 0.6 is 35.0 Å². The molecular weight excluding hydrogens is 419 g/mol. The molecule has 2 N–H and O–H groups in total. The fraction of sp³-hybridized carbons (Fsp3) is 0.158. The summed E-state index contributed by atoms with van der Waals surface area (Å²) in [6.07, 6.45) is 0.0516. The SMILES string of the molecule is C/C(=N\N=C1/NC(=O)C[C@@H](C(=O)Nc2cccc(Cl)c2)S1)c1ccc(Cl)cc1. The van der Waals surface area contributed by atoms with Crippen LogP contribution in [-0.2, 0) is 9.59 Å². The van der Waals surface area contributed by atoms with E-state index in [9.17, 15) is 9.59 Å². The smallest absolute Gasteiger partial charge is 0.238 e. The highest BCUT2D eigenvalue weighted by molar-refractivity contribution is 8.15.